The van der Waals surface area contributed by atoms with Crippen LogP contribution in [0.15, 0.2) is 0 Å². The van der Waals surface area contributed by atoms with Crippen LogP contribution in [0.3, 0.4) is 0 Å². The van der Waals surface area contributed by atoms with E-state index in [0.717, 1.165) is 0 Å². The molecular weight excluding hydrogens is 304 g/mol. The molecule has 0 rings (SSSR count). The van der Waals surface area contributed by atoms with Gasteiger partial charge in [0.05, 0.1) is 0 Å². The fourth-order valence-corrected chi connectivity index (χ4v) is 0. The summed E-state index contributed by atoms with van der Waals surface area (Å²) in [6.45, 7) is 0. The van der Waals surface area contributed by atoms with Gasteiger partial charge < -0.3 is 64.3 Å². The van der Waals surface area contributed by atoms with Crippen LogP contribution in [0.5, 0.6) is 0 Å². The van der Waals surface area contributed by atoms with Crippen LogP contribution in [-0.2, 0) is 0 Å². The van der Waals surface area contributed by atoms with Gasteiger partial charge in [-0.2, -0.15) is 0 Å². The zero-order chi connectivity index (χ0) is 3.58. The summed E-state index contributed by atoms with van der Waals surface area (Å²) in [7, 11) is 0. The molecule has 0 saturated carbocycles. The Hall–Kier alpha value is 1.74. The average molecular weight is 315 g/mol. The van der Waals surface area contributed by atoms with E-state index in [9.17, 15) is 0 Å². The van der Waals surface area contributed by atoms with E-state index in [0.29, 0.717) is 0 Å². The molecule has 0 aliphatic heterocycles. The summed E-state index contributed by atoms with van der Waals surface area (Å²) in [5, 5.41) is 16.7. The van der Waals surface area contributed by atoms with Crippen LogP contribution in [0.2, 0.25) is 0 Å². The number of carbonyl (C=O) groups is 1. The molecule has 0 unspecified atom stereocenters. The van der Waals surface area contributed by atoms with Crippen molar-refractivity contribution in [2.45, 2.75) is 0 Å². The Morgan fingerprint density at radius 1 is 0.588 bits per heavy atom. The minimum atomic E-state index is -2.33. The maximum absolute atomic E-state index is 8.33. The molecule has 0 spiro atoms. The van der Waals surface area contributed by atoms with Crippen LogP contribution in [-0.4, -0.2) is 142 Å². The number of hydrogen-bond acceptors (Lipinski definition) is 10. The van der Waals surface area contributed by atoms with Gasteiger partial charge in [-0.25, -0.2) is 0 Å². The van der Waals surface area contributed by atoms with Crippen LogP contribution in [0, 0.1) is 0 Å². The van der Waals surface area contributed by atoms with E-state index in [1.165, 1.54) is 0 Å². The topological polar surface area (TPSA) is 336 Å². The summed E-state index contributed by atoms with van der Waals surface area (Å²) in [5.41, 5.74) is 0. The molecule has 0 amide bonds. The van der Waals surface area contributed by atoms with Gasteiger partial charge in [-0.05, 0) is 6.16 Å². The molecule has 16 heteroatoms. The number of hydrogen-bond donors (Lipinski definition) is 0. The minimum Gasteiger partial charge on any atom is -0.870 e. The Kier molecular flexibility index (Phi) is 3410. The molecule has 0 aromatic carbocycles. The Balaban J connectivity index is -0.000000000577. The molecule has 0 fully saturated rings. The third kappa shape index (κ3) is 1450. The molecule has 0 aromatic heterocycles. The van der Waals surface area contributed by atoms with Crippen molar-refractivity contribution in [2.75, 3.05) is 0 Å². The zero-order valence-electron chi connectivity index (χ0n) is 8.55. The van der Waals surface area contributed by atoms with Gasteiger partial charge in [0.15, 0.2) is 0 Å². The quantitative estimate of drug-likeness (QED) is 0.379. The van der Waals surface area contributed by atoms with Crippen molar-refractivity contribution in [2.24, 2.45) is 0 Å². The maximum Gasteiger partial charge on any atom is 2.00 e. The van der Waals surface area contributed by atoms with Crippen LogP contribution in [0.1, 0.15) is 0 Å². The van der Waals surface area contributed by atoms with Gasteiger partial charge in [0.25, 0.3) is 0 Å². The Morgan fingerprint density at radius 3 is 0.588 bits per heavy atom. The molecule has 0 aromatic rings. The first-order chi connectivity index (χ1) is 1.73. The van der Waals surface area contributed by atoms with Gasteiger partial charge in [-0.1, -0.05) is 0 Å². The second-order valence-electron chi connectivity index (χ2n) is 0.250. The molecule has 12 nitrogen and oxygen atoms in total. The predicted octanol–water partition coefficient (Wildman–Crippen LogP) is -6.86. The second-order valence-corrected chi connectivity index (χ2v) is 0.250. The minimum absolute atomic E-state index is 0. The van der Waals surface area contributed by atoms with Gasteiger partial charge in [-0.3, -0.25) is 0 Å². The third-order valence-electron chi connectivity index (χ3n) is 0. The van der Waals surface area contributed by atoms with Gasteiger partial charge in [0.2, 0.25) is 0 Å². The van der Waals surface area contributed by atoms with E-state index in [4.69, 9.17) is 15.0 Å². The second kappa shape index (κ2) is 221. The third-order valence-corrected chi connectivity index (χ3v) is 0. The summed E-state index contributed by atoms with van der Waals surface area (Å²) < 4.78 is 0. The maximum atomic E-state index is 8.33. The first-order valence-electron chi connectivity index (χ1n) is 0.612. The van der Waals surface area contributed by atoms with Crippen molar-refractivity contribution in [1.82, 2.24) is 0 Å². The van der Waals surface area contributed by atoms with Gasteiger partial charge in [-0.15, -0.1) is 0 Å². The molecule has 0 aliphatic rings. The van der Waals surface area contributed by atoms with E-state index < -0.39 is 6.16 Å². The summed E-state index contributed by atoms with van der Waals surface area (Å²) in [5.74, 6) is 0. The number of rotatable bonds is 0. The van der Waals surface area contributed by atoms with Crippen molar-refractivity contribution in [3.63, 3.8) is 0 Å². The van der Waals surface area contributed by atoms with Gasteiger partial charge >= 0.3 is 69.2 Å². The molecule has 11 N–H and O–H groups in total. The molecule has 0 bridgehead atoms. The van der Waals surface area contributed by atoms with E-state index in [1.54, 1.807) is 0 Å². The molecule has 99 valence electrons. The van der Waals surface area contributed by atoms with Crippen LogP contribution in [0.4, 0.5) is 4.79 Å². The number of carbonyl (C=O) groups excluding carboxylic acids is 1. The molecule has 0 aliphatic carbocycles. The SMILES string of the molecule is O.O.O=C([O-])[O-].[Al].[Mg+2].[Mg+2].[Mg+2].[OH-].[OH-].[OH-].[OH-].[OH-].[OH-].[OH-]. The Labute approximate surface area is 155 Å². The molecule has 0 saturated heterocycles. The standard InChI is InChI=1S/CH2O3.Al.3Mg.9H2O/c2-1(3)4;;;;;;;;;;;;;/h(H2,2,3,4);;;;;9*1H2/q;;3*+2;;;;;;;;;/p-9. The van der Waals surface area contributed by atoms with Crippen LogP contribution in [0.25, 0.3) is 0 Å². The molecule has 0 atom stereocenters. The monoisotopic (exact) mass is 314 g/mol. The van der Waals surface area contributed by atoms with Crippen molar-refractivity contribution in [1.29, 1.82) is 0 Å². The summed E-state index contributed by atoms with van der Waals surface area (Å²) >= 11 is 0. The fourth-order valence-electron chi connectivity index (χ4n) is 0. The van der Waals surface area contributed by atoms with Crippen molar-refractivity contribution < 1.29 is 64.3 Å². The first kappa shape index (κ1) is 262. The van der Waals surface area contributed by atoms with Crippen molar-refractivity contribution >= 4 is 92.7 Å². The zero-order valence-corrected chi connectivity index (χ0v) is 14.0. The summed E-state index contributed by atoms with van der Waals surface area (Å²) in [6, 6.07) is 0. The molecule has 3 radical (unpaired) electrons. The fraction of sp³-hybridized carbons (Fsp3) is 0. The van der Waals surface area contributed by atoms with Crippen LogP contribution >= 0.6 is 0 Å². The number of carboxylic acid groups (broad SMARTS) is 2. The largest absolute Gasteiger partial charge is 2.00 e. The smallest absolute Gasteiger partial charge is 0.870 e. The Bertz CT molecular complexity index is 44.7. The van der Waals surface area contributed by atoms with Crippen LogP contribution < -0.4 is 10.2 Å². The molecular formula is CH11AlMg3O12-3. The first-order valence-corrected chi connectivity index (χ1v) is 0.612. The normalized spacial score (nSPS) is 1.41. The van der Waals surface area contributed by atoms with Crippen molar-refractivity contribution in [3.8, 4) is 0 Å². The van der Waals surface area contributed by atoms with E-state index >= 15 is 0 Å². The van der Waals surface area contributed by atoms with Gasteiger partial charge in [0, 0.05) is 17.4 Å². The van der Waals surface area contributed by atoms with Crippen molar-refractivity contribution in [3.05, 3.63) is 0 Å². The predicted molar refractivity (Wildman–Crippen MR) is 49.2 cm³/mol. The van der Waals surface area contributed by atoms with E-state index in [2.05, 4.69) is 0 Å². The Morgan fingerprint density at radius 2 is 0.588 bits per heavy atom. The van der Waals surface area contributed by atoms with Gasteiger partial charge in [0.1, 0.15) is 0 Å². The van der Waals surface area contributed by atoms with E-state index in [-0.39, 0.29) is 136 Å². The molecule has 17 heavy (non-hydrogen) atoms. The average Bonchev–Trinajstić information content (AvgIpc) is 0.811. The van der Waals surface area contributed by atoms with E-state index in [1.807, 2.05) is 0 Å². The summed E-state index contributed by atoms with van der Waals surface area (Å²) in [6.07, 6.45) is -2.33. The summed E-state index contributed by atoms with van der Waals surface area (Å²) in [4.78, 5) is 8.33. The molecule has 0 heterocycles.